The molecule has 1 aliphatic heterocycles. The minimum atomic E-state index is -0.353. The third-order valence-electron chi connectivity index (χ3n) is 4.25. The number of carbonyl (C=O) groups excluding carboxylic acids is 2. The van der Waals surface area contributed by atoms with Gasteiger partial charge < -0.3 is 15.4 Å². The zero-order valence-corrected chi connectivity index (χ0v) is 13.8. The number of methoxy groups -OCH3 is 1. The predicted octanol–water partition coefficient (Wildman–Crippen LogP) is 1.21. The molecule has 7 heteroatoms. The summed E-state index contributed by atoms with van der Waals surface area (Å²) in [5.74, 6) is -0.326. The maximum absolute atomic E-state index is 11.7. The standard InChI is InChI=1S/C17H20N4O3/c1-11(22)20-7-6-15-14(9-20)17(12-4-3-5-13(18)8-12)19-21(15)10-16(23)24-2/h3-5,8H,6-7,9-10,18H2,1-2H3. The van der Waals surface area contributed by atoms with Crippen molar-refractivity contribution in [1.29, 1.82) is 0 Å². The van der Waals surface area contributed by atoms with Gasteiger partial charge in [-0.25, -0.2) is 0 Å². The smallest absolute Gasteiger partial charge is 0.327 e. The maximum atomic E-state index is 11.7. The zero-order chi connectivity index (χ0) is 17.3. The topological polar surface area (TPSA) is 90.4 Å². The third kappa shape index (κ3) is 2.97. The van der Waals surface area contributed by atoms with Crippen molar-refractivity contribution >= 4 is 17.6 Å². The molecule has 2 heterocycles. The highest BCUT2D eigenvalue weighted by atomic mass is 16.5. The van der Waals surface area contributed by atoms with Gasteiger partial charge in [0.2, 0.25) is 5.91 Å². The number of amides is 1. The summed E-state index contributed by atoms with van der Waals surface area (Å²) in [4.78, 5) is 25.2. The number of benzene rings is 1. The van der Waals surface area contributed by atoms with E-state index in [-0.39, 0.29) is 18.4 Å². The molecule has 2 aromatic rings. The molecule has 0 radical (unpaired) electrons. The Kier molecular flexibility index (Phi) is 4.24. The van der Waals surface area contributed by atoms with Crippen LogP contribution in [0.4, 0.5) is 5.69 Å². The molecule has 1 aliphatic rings. The summed E-state index contributed by atoms with van der Waals surface area (Å²) >= 11 is 0. The Morgan fingerprint density at radius 1 is 1.38 bits per heavy atom. The Morgan fingerprint density at radius 3 is 2.83 bits per heavy atom. The highest BCUT2D eigenvalue weighted by molar-refractivity contribution is 5.75. The molecule has 126 valence electrons. The van der Waals surface area contributed by atoms with Gasteiger partial charge in [-0.15, -0.1) is 0 Å². The average Bonchev–Trinajstić information content (AvgIpc) is 2.92. The second-order valence-electron chi connectivity index (χ2n) is 5.82. The van der Waals surface area contributed by atoms with Gasteiger partial charge in [0.1, 0.15) is 6.54 Å². The summed E-state index contributed by atoms with van der Waals surface area (Å²) in [7, 11) is 1.36. The van der Waals surface area contributed by atoms with E-state index in [4.69, 9.17) is 10.5 Å². The lowest BCUT2D eigenvalue weighted by atomic mass is 10.0. The summed E-state index contributed by atoms with van der Waals surface area (Å²) in [6.45, 7) is 2.72. The summed E-state index contributed by atoms with van der Waals surface area (Å²) in [5.41, 5.74) is 10.1. The van der Waals surface area contributed by atoms with Gasteiger partial charge >= 0.3 is 5.97 Å². The Bertz CT molecular complexity index is 797. The van der Waals surface area contributed by atoms with E-state index in [2.05, 4.69) is 5.10 Å². The number of carbonyl (C=O) groups is 2. The monoisotopic (exact) mass is 328 g/mol. The van der Waals surface area contributed by atoms with Gasteiger partial charge in [0.05, 0.1) is 12.8 Å². The average molecular weight is 328 g/mol. The highest BCUT2D eigenvalue weighted by Gasteiger charge is 2.27. The number of hydrogen-bond acceptors (Lipinski definition) is 5. The first-order valence-electron chi connectivity index (χ1n) is 7.76. The van der Waals surface area contributed by atoms with E-state index >= 15 is 0 Å². The Balaban J connectivity index is 2.08. The van der Waals surface area contributed by atoms with Gasteiger partial charge in [-0.1, -0.05) is 12.1 Å². The highest BCUT2D eigenvalue weighted by Crippen LogP contribution is 2.31. The molecule has 0 fully saturated rings. The fraction of sp³-hybridized carbons (Fsp3) is 0.353. The number of esters is 1. The summed E-state index contributed by atoms with van der Waals surface area (Å²) in [6.07, 6.45) is 0.654. The number of hydrogen-bond donors (Lipinski definition) is 1. The van der Waals surface area contributed by atoms with E-state index in [1.165, 1.54) is 7.11 Å². The Labute approximate surface area is 140 Å². The van der Waals surface area contributed by atoms with E-state index in [1.54, 1.807) is 16.5 Å². The number of anilines is 1. The lowest BCUT2D eigenvalue weighted by molar-refractivity contribution is -0.141. The number of fused-ring (bicyclic) bond motifs is 1. The van der Waals surface area contributed by atoms with Gasteiger partial charge in [0.15, 0.2) is 0 Å². The lowest BCUT2D eigenvalue weighted by Crippen LogP contribution is -2.35. The summed E-state index contributed by atoms with van der Waals surface area (Å²) < 4.78 is 6.43. The maximum Gasteiger partial charge on any atom is 0.327 e. The number of nitrogens with zero attached hydrogens (tertiary/aromatic N) is 3. The zero-order valence-electron chi connectivity index (χ0n) is 13.8. The molecule has 0 saturated carbocycles. The molecular formula is C17H20N4O3. The molecule has 0 saturated heterocycles. The molecule has 0 spiro atoms. The van der Waals surface area contributed by atoms with Gasteiger partial charge in [0, 0.05) is 48.9 Å². The van der Waals surface area contributed by atoms with Crippen LogP contribution in [-0.2, 0) is 33.8 Å². The number of rotatable bonds is 3. The van der Waals surface area contributed by atoms with Crippen LogP contribution >= 0.6 is 0 Å². The largest absolute Gasteiger partial charge is 0.468 e. The van der Waals surface area contributed by atoms with E-state index in [1.807, 2.05) is 24.3 Å². The van der Waals surface area contributed by atoms with Crippen molar-refractivity contribution in [3.63, 3.8) is 0 Å². The third-order valence-corrected chi connectivity index (χ3v) is 4.25. The summed E-state index contributed by atoms with van der Waals surface area (Å²) in [6, 6.07) is 7.44. The fourth-order valence-corrected chi connectivity index (χ4v) is 3.00. The number of ether oxygens (including phenoxy) is 1. The van der Waals surface area contributed by atoms with Crippen molar-refractivity contribution in [2.75, 3.05) is 19.4 Å². The number of nitrogen functional groups attached to an aromatic ring is 1. The molecule has 1 aromatic carbocycles. The van der Waals surface area contributed by atoms with Gasteiger partial charge in [-0.05, 0) is 12.1 Å². The van der Waals surface area contributed by atoms with Gasteiger partial charge in [-0.2, -0.15) is 5.10 Å². The molecule has 2 N–H and O–H groups in total. The van der Waals surface area contributed by atoms with E-state index in [0.29, 0.717) is 25.2 Å². The molecule has 1 aromatic heterocycles. The van der Waals surface area contributed by atoms with Gasteiger partial charge in [0.25, 0.3) is 0 Å². The van der Waals surface area contributed by atoms with Crippen LogP contribution in [0.1, 0.15) is 18.2 Å². The van der Waals surface area contributed by atoms with Crippen molar-refractivity contribution in [2.45, 2.75) is 26.4 Å². The van der Waals surface area contributed by atoms with Crippen molar-refractivity contribution < 1.29 is 14.3 Å². The molecule has 0 unspecified atom stereocenters. The van der Waals surface area contributed by atoms with Crippen LogP contribution in [0.15, 0.2) is 24.3 Å². The van der Waals surface area contributed by atoms with Crippen LogP contribution < -0.4 is 5.73 Å². The molecule has 0 atom stereocenters. The predicted molar refractivity (Wildman–Crippen MR) is 88.9 cm³/mol. The SMILES string of the molecule is COC(=O)Cn1nc(-c2cccc(N)c2)c2c1CCN(C(C)=O)C2. The van der Waals surface area contributed by atoms with Crippen LogP contribution in [0.5, 0.6) is 0 Å². The minimum absolute atomic E-state index is 0.0277. The van der Waals surface area contributed by atoms with Crippen LogP contribution in [0.2, 0.25) is 0 Å². The van der Waals surface area contributed by atoms with E-state index in [0.717, 1.165) is 22.5 Å². The first-order valence-corrected chi connectivity index (χ1v) is 7.76. The number of nitrogens with two attached hydrogens (primary N) is 1. The van der Waals surface area contributed by atoms with Crippen LogP contribution in [0, 0.1) is 0 Å². The molecule has 0 bridgehead atoms. The molecule has 7 nitrogen and oxygen atoms in total. The fourth-order valence-electron chi connectivity index (χ4n) is 3.00. The normalized spacial score (nSPS) is 13.5. The van der Waals surface area contributed by atoms with Crippen molar-refractivity contribution in [3.8, 4) is 11.3 Å². The second kappa shape index (κ2) is 6.35. The van der Waals surface area contributed by atoms with Crippen molar-refractivity contribution in [3.05, 3.63) is 35.5 Å². The first-order chi connectivity index (χ1) is 11.5. The Morgan fingerprint density at radius 2 is 2.17 bits per heavy atom. The van der Waals surface area contributed by atoms with Gasteiger partial charge in [-0.3, -0.25) is 14.3 Å². The van der Waals surface area contributed by atoms with E-state index in [9.17, 15) is 9.59 Å². The second-order valence-corrected chi connectivity index (χ2v) is 5.82. The molecular weight excluding hydrogens is 308 g/mol. The van der Waals surface area contributed by atoms with Crippen LogP contribution in [0.3, 0.4) is 0 Å². The molecule has 0 aliphatic carbocycles. The lowest BCUT2D eigenvalue weighted by Gasteiger charge is -2.26. The minimum Gasteiger partial charge on any atom is -0.468 e. The van der Waals surface area contributed by atoms with Crippen molar-refractivity contribution in [1.82, 2.24) is 14.7 Å². The Hall–Kier alpha value is -2.83. The summed E-state index contributed by atoms with van der Waals surface area (Å²) in [5, 5.41) is 4.61. The van der Waals surface area contributed by atoms with Crippen LogP contribution in [0.25, 0.3) is 11.3 Å². The number of aromatic nitrogens is 2. The quantitative estimate of drug-likeness (QED) is 0.675. The van der Waals surface area contributed by atoms with E-state index < -0.39 is 0 Å². The molecule has 1 amide bonds. The van der Waals surface area contributed by atoms with Crippen molar-refractivity contribution in [2.24, 2.45) is 0 Å². The molecule has 3 rings (SSSR count). The first kappa shape index (κ1) is 16.0. The van der Waals surface area contributed by atoms with Crippen LogP contribution in [-0.4, -0.2) is 40.2 Å². The molecule has 24 heavy (non-hydrogen) atoms.